The summed E-state index contributed by atoms with van der Waals surface area (Å²) in [4.78, 5) is 9.26. The zero-order valence-electron chi connectivity index (χ0n) is 17.2. The molecule has 150 valence electrons. The minimum absolute atomic E-state index is 0.0798. The second kappa shape index (κ2) is 8.84. The summed E-state index contributed by atoms with van der Waals surface area (Å²) in [6.07, 6.45) is 4.32. The van der Waals surface area contributed by atoms with Gasteiger partial charge in [0.2, 0.25) is 0 Å². The number of nitrogens with zero attached hydrogens (tertiary/aromatic N) is 4. The van der Waals surface area contributed by atoms with Crippen LogP contribution in [0.15, 0.2) is 22.8 Å². The van der Waals surface area contributed by atoms with Crippen LogP contribution < -0.4 is 10.6 Å². The van der Waals surface area contributed by atoms with E-state index in [1.165, 1.54) is 0 Å². The lowest BCUT2D eigenvalue weighted by atomic mass is 9.93. The van der Waals surface area contributed by atoms with Crippen molar-refractivity contribution < 1.29 is 5.11 Å². The summed E-state index contributed by atoms with van der Waals surface area (Å²) in [5.74, 6) is 0.689. The van der Waals surface area contributed by atoms with Crippen molar-refractivity contribution in [3.63, 3.8) is 0 Å². The minimum Gasteiger partial charge on any atom is -0.383 e. The molecule has 2 heterocycles. The van der Waals surface area contributed by atoms with Crippen LogP contribution in [-0.4, -0.2) is 45.5 Å². The predicted octanol–water partition coefficient (Wildman–Crippen LogP) is 2.18. The van der Waals surface area contributed by atoms with E-state index in [-0.39, 0.29) is 12.0 Å². The number of hydrogen-bond donors (Lipinski definition) is 3. The van der Waals surface area contributed by atoms with Gasteiger partial charge >= 0.3 is 0 Å². The Bertz CT molecular complexity index is 756. The van der Waals surface area contributed by atoms with Crippen molar-refractivity contribution in [3.8, 4) is 0 Å². The monoisotopic (exact) mass is 392 g/mol. The molecule has 1 unspecified atom stereocenters. The molecular weight excluding hydrogens is 360 g/mol. The van der Waals surface area contributed by atoms with Gasteiger partial charge in [-0.1, -0.05) is 20.8 Å². The lowest BCUT2D eigenvalue weighted by Crippen LogP contribution is -2.39. The summed E-state index contributed by atoms with van der Waals surface area (Å²) in [6.45, 7) is 12.0. The summed E-state index contributed by atoms with van der Waals surface area (Å²) >= 11 is 1.70. The van der Waals surface area contributed by atoms with Crippen molar-refractivity contribution in [3.05, 3.63) is 34.0 Å². The van der Waals surface area contributed by atoms with Gasteiger partial charge in [-0.2, -0.15) is 5.10 Å². The number of guanidine groups is 1. The standard InChI is InChI=1S/C19H32N6OS/c1-7-20-17(22-13-19(5,26)14-10-23-25(6)11-14)21-9-8-16-24-15(12-27-16)18(2,3)4/h10-12,26H,7-9,13H2,1-6H3,(H2,20,21,22). The van der Waals surface area contributed by atoms with Gasteiger partial charge in [-0.15, -0.1) is 11.3 Å². The molecule has 2 aromatic rings. The van der Waals surface area contributed by atoms with Crippen molar-refractivity contribution in [2.75, 3.05) is 19.6 Å². The highest BCUT2D eigenvalue weighted by atomic mass is 32.1. The van der Waals surface area contributed by atoms with Crippen LogP contribution in [-0.2, 0) is 24.5 Å². The molecule has 0 radical (unpaired) electrons. The second-order valence-electron chi connectivity index (χ2n) is 7.92. The topological polar surface area (TPSA) is 87.4 Å². The number of aliphatic imine (C=N–C) groups is 1. The molecule has 0 saturated heterocycles. The number of aryl methyl sites for hydroxylation is 1. The number of rotatable bonds is 7. The summed E-state index contributed by atoms with van der Waals surface area (Å²) in [6, 6.07) is 0. The molecule has 2 aromatic heterocycles. The highest BCUT2D eigenvalue weighted by molar-refractivity contribution is 7.09. The third-order valence-electron chi connectivity index (χ3n) is 4.17. The number of hydrogen-bond acceptors (Lipinski definition) is 5. The Labute approximate surface area is 165 Å². The predicted molar refractivity (Wildman–Crippen MR) is 111 cm³/mol. The molecule has 0 aliphatic heterocycles. The fourth-order valence-corrected chi connectivity index (χ4v) is 3.45. The minimum atomic E-state index is -1.06. The van der Waals surface area contributed by atoms with Gasteiger partial charge in [0, 0.05) is 49.1 Å². The molecule has 0 aromatic carbocycles. The Morgan fingerprint density at radius 2 is 2.04 bits per heavy atom. The van der Waals surface area contributed by atoms with E-state index in [4.69, 9.17) is 4.98 Å². The number of nitrogens with one attached hydrogen (secondary N) is 2. The molecule has 0 amide bonds. The van der Waals surface area contributed by atoms with Gasteiger partial charge in [0.25, 0.3) is 0 Å². The summed E-state index contributed by atoms with van der Waals surface area (Å²) < 4.78 is 1.68. The van der Waals surface area contributed by atoms with E-state index < -0.39 is 5.60 Å². The van der Waals surface area contributed by atoms with Crippen molar-refractivity contribution in [2.45, 2.75) is 52.1 Å². The Morgan fingerprint density at radius 1 is 1.30 bits per heavy atom. The Hall–Kier alpha value is -1.93. The zero-order valence-corrected chi connectivity index (χ0v) is 18.0. The molecule has 1 atom stereocenters. The first-order valence-electron chi connectivity index (χ1n) is 9.30. The molecule has 0 fully saturated rings. The Morgan fingerprint density at radius 3 is 2.59 bits per heavy atom. The Balaban J connectivity index is 1.92. The van der Waals surface area contributed by atoms with Crippen molar-refractivity contribution >= 4 is 17.3 Å². The number of thiazole rings is 1. The summed E-state index contributed by atoms with van der Waals surface area (Å²) in [5, 5.41) is 24.6. The van der Waals surface area contributed by atoms with Crippen LogP contribution in [0.25, 0.3) is 0 Å². The van der Waals surface area contributed by atoms with Crippen molar-refractivity contribution in [1.29, 1.82) is 0 Å². The highest BCUT2D eigenvalue weighted by Crippen LogP contribution is 2.24. The van der Waals surface area contributed by atoms with Gasteiger partial charge in [-0.05, 0) is 13.8 Å². The average molecular weight is 393 g/mol. The molecule has 27 heavy (non-hydrogen) atoms. The van der Waals surface area contributed by atoms with Gasteiger partial charge in [0.15, 0.2) is 5.96 Å². The third kappa shape index (κ3) is 6.32. The van der Waals surface area contributed by atoms with Crippen LogP contribution in [0.4, 0.5) is 0 Å². The van der Waals surface area contributed by atoms with E-state index in [2.05, 4.69) is 46.9 Å². The normalized spacial score (nSPS) is 14.9. The molecule has 8 heteroatoms. The van der Waals surface area contributed by atoms with E-state index >= 15 is 0 Å². The lowest BCUT2D eigenvalue weighted by Gasteiger charge is -2.20. The Kier molecular flexibility index (Phi) is 7.00. The summed E-state index contributed by atoms with van der Waals surface area (Å²) in [5.41, 5.74) is 0.905. The van der Waals surface area contributed by atoms with E-state index in [1.54, 1.807) is 29.1 Å². The van der Waals surface area contributed by atoms with Crippen molar-refractivity contribution in [2.24, 2.45) is 12.0 Å². The molecule has 0 bridgehead atoms. The lowest BCUT2D eigenvalue weighted by molar-refractivity contribution is 0.0672. The van der Waals surface area contributed by atoms with Crippen molar-refractivity contribution in [1.82, 2.24) is 25.4 Å². The van der Waals surface area contributed by atoms with Gasteiger partial charge in [0.05, 0.1) is 23.4 Å². The molecule has 3 N–H and O–H groups in total. The van der Waals surface area contributed by atoms with Gasteiger partial charge in [-0.3, -0.25) is 4.68 Å². The van der Waals surface area contributed by atoms with Gasteiger partial charge < -0.3 is 15.7 Å². The maximum absolute atomic E-state index is 10.7. The van der Waals surface area contributed by atoms with Crippen LogP contribution in [0, 0.1) is 0 Å². The van der Waals surface area contributed by atoms with Gasteiger partial charge in [-0.25, -0.2) is 9.98 Å². The maximum atomic E-state index is 10.7. The van der Waals surface area contributed by atoms with E-state index in [0.717, 1.165) is 35.8 Å². The molecule has 0 spiro atoms. The second-order valence-corrected chi connectivity index (χ2v) is 8.87. The number of aromatic nitrogens is 3. The van der Waals surface area contributed by atoms with Crippen LogP contribution in [0.3, 0.4) is 0 Å². The van der Waals surface area contributed by atoms with E-state index in [9.17, 15) is 5.11 Å². The first-order valence-corrected chi connectivity index (χ1v) is 10.2. The molecule has 0 aliphatic rings. The fourth-order valence-electron chi connectivity index (χ4n) is 2.42. The smallest absolute Gasteiger partial charge is 0.191 e. The number of aliphatic hydroxyl groups is 1. The van der Waals surface area contributed by atoms with E-state index in [1.807, 2.05) is 20.2 Å². The molecule has 2 rings (SSSR count). The highest BCUT2D eigenvalue weighted by Gasteiger charge is 2.24. The van der Waals surface area contributed by atoms with Crippen LogP contribution in [0.2, 0.25) is 0 Å². The van der Waals surface area contributed by atoms with Gasteiger partial charge in [0.1, 0.15) is 5.60 Å². The first-order chi connectivity index (χ1) is 12.6. The third-order valence-corrected chi connectivity index (χ3v) is 5.08. The molecular formula is C19H32N6OS. The van der Waals surface area contributed by atoms with Crippen LogP contribution in [0.1, 0.15) is 50.9 Å². The quantitative estimate of drug-likeness (QED) is 0.497. The molecule has 0 aliphatic carbocycles. The first kappa shape index (κ1) is 21.4. The SMILES string of the molecule is CCNC(=NCC(C)(O)c1cnn(C)c1)NCCc1nc(C(C)(C)C)cs1. The molecule has 7 nitrogen and oxygen atoms in total. The van der Waals surface area contributed by atoms with E-state index in [0.29, 0.717) is 5.96 Å². The largest absolute Gasteiger partial charge is 0.383 e. The average Bonchev–Trinajstić information content (AvgIpc) is 3.22. The molecule has 0 saturated carbocycles. The van der Waals surface area contributed by atoms with Crippen LogP contribution >= 0.6 is 11.3 Å². The van der Waals surface area contributed by atoms with Crippen LogP contribution in [0.5, 0.6) is 0 Å². The fraction of sp³-hybridized carbons (Fsp3) is 0.632. The zero-order chi connectivity index (χ0) is 20.1. The maximum Gasteiger partial charge on any atom is 0.191 e. The summed E-state index contributed by atoms with van der Waals surface area (Å²) in [7, 11) is 1.83.